The van der Waals surface area contributed by atoms with Gasteiger partial charge in [-0.2, -0.15) is 0 Å². The topological polar surface area (TPSA) is 21.3 Å². The van der Waals surface area contributed by atoms with Gasteiger partial charge in [0.05, 0.1) is 7.11 Å². The zero-order valence-corrected chi connectivity index (χ0v) is 11.1. The predicted molar refractivity (Wildman–Crippen MR) is 72.8 cm³/mol. The molecule has 1 aromatic rings. The number of rotatable bonds is 4. The average Bonchev–Trinajstić information content (AvgIpc) is 2.79. The second kappa shape index (κ2) is 5.44. The Kier molecular flexibility index (Phi) is 3.93. The first kappa shape index (κ1) is 12.3. The molecule has 0 aromatic heterocycles. The van der Waals surface area contributed by atoms with Gasteiger partial charge in [-0.15, -0.1) is 0 Å². The minimum atomic E-state index is 0.659. The molecule has 2 unspecified atom stereocenters. The molecule has 0 radical (unpaired) electrons. The lowest BCUT2D eigenvalue weighted by molar-refractivity contribution is 0.414. The van der Waals surface area contributed by atoms with Gasteiger partial charge in [-0.3, -0.25) is 0 Å². The highest BCUT2D eigenvalue weighted by atomic mass is 16.5. The Morgan fingerprint density at radius 1 is 1.35 bits per heavy atom. The molecular formula is C15H23NO. The van der Waals surface area contributed by atoms with Gasteiger partial charge >= 0.3 is 0 Å². The van der Waals surface area contributed by atoms with Crippen LogP contribution in [0.2, 0.25) is 0 Å². The minimum absolute atomic E-state index is 0.659. The van der Waals surface area contributed by atoms with Gasteiger partial charge in [0.2, 0.25) is 0 Å². The van der Waals surface area contributed by atoms with Gasteiger partial charge in [0.25, 0.3) is 0 Å². The Morgan fingerprint density at radius 2 is 2.18 bits per heavy atom. The molecule has 2 heteroatoms. The summed E-state index contributed by atoms with van der Waals surface area (Å²) in [6.07, 6.45) is 5.33. The quantitative estimate of drug-likeness (QED) is 0.849. The van der Waals surface area contributed by atoms with Gasteiger partial charge in [0.15, 0.2) is 0 Å². The van der Waals surface area contributed by atoms with Crippen molar-refractivity contribution in [2.45, 2.75) is 45.6 Å². The Bertz CT molecular complexity index is 375. The Labute approximate surface area is 104 Å². The Hall–Kier alpha value is -1.18. The molecule has 2 rings (SSSR count). The first-order valence-corrected chi connectivity index (χ1v) is 6.64. The van der Waals surface area contributed by atoms with Crippen molar-refractivity contribution in [3.63, 3.8) is 0 Å². The van der Waals surface area contributed by atoms with Gasteiger partial charge in [0, 0.05) is 11.7 Å². The van der Waals surface area contributed by atoms with E-state index in [1.165, 1.54) is 36.9 Å². The van der Waals surface area contributed by atoms with Crippen LogP contribution in [-0.2, 0) is 0 Å². The molecule has 2 atom stereocenters. The van der Waals surface area contributed by atoms with Crippen molar-refractivity contribution in [3.8, 4) is 5.75 Å². The van der Waals surface area contributed by atoms with Crippen molar-refractivity contribution in [1.82, 2.24) is 0 Å². The molecule has 0 bridgehead atoms. The second-order valence-electron chi connectivity index (χ2n) is 5.11. The van der Waals surface area contributed by atoms with Crippen LogP contribution in [0.15, 0.2) is 18.2 Å². The van der Waals surface area contributed by atoms with Crippen molar-refractivity contribution >= 4 is 5.69 Å². The molecule has 1 aliphatic rings. The van der Waals surface area contributed by atoms with E-state index in [0.717, 1.165) is 11.7 Å². The number of aryl methyl sites for hydroxylation is 1. The van der Waals surface area contributed by atoms with Gasteiger partial charge < -0.3 is 10.1 Å². The molecule has 0 spiro atoms. The van der Waals surface area contributed by atoms with Gasteiger partial charge in [-0.05, 0) is 55.9 Å². The molecular weight excluding hydrogens is 210 g/mol. The lowest BCUT2D eigenvalue weighted by Gasteiger charge is -2.17. The van der Waals surface area contributed by atoms with Crippen molar-refractivity contribution in [1.29, 1.82) is 0 Å². The summed E-state index contributed by atoms with van der Waals surface area (Å²) < 4.78 is 5.23. The highest BCUT2D eigenvalue weighted by Gasteiger charge is 2.23. The summed E-state index contributed by atoms with van der Waals surface area (Å²) in [4.78, 5) is 0. The molecule has 0 heterocycles. The summed E-state index contributed by atoms with van der Waals surface area (Å²) >= 11 is 0. The third kappa shape index (κ3) is 2.93. The summed E-state index contributed by atoms with van der Waals surface area (Å²) in [7, 11) is 1.71. The number of ether oxygens (including phenoxy) is 1. The SMILES string of the molecule is CCC1CCC(Nc2ccc(OC)cc2C)C1. The number of methoxy groups -OCH3 is 1. The van der Waals surface area contributed by atoms with Crippen LogP contribution >= 0.6 is 0 Å². The van der Waals surface area contributed by atoms with Crippen molar-refractivity contribution in [2.24, 2.45) is 5.92 Å². The number of benzene rings is 1. The van der Waals surface area contributed by atoms with Crippen LogP contribution in [-0.4, -0.2) is 13.2 Å². The number of hydrogen-bond acceptors (Lipinski definition) is 2. The normalized spacial score (nSPS) is 23.7. The van der Waals surface area contributed by atoms with E-state index in [1.807, 2.05) is 6.07 Å². The van der Waals surface area contributed by atoms with Gasteiger partial charge in [0.1, 0.15) is 5.75 Å². The van der Waals surface area contributed by atoms with E-state index in [2.05, 4.69) is 31.3 Å². The lowest BCUT2D eigenvalue weighted by atomic mass is 10.1. The van der Waals surface area contributed by atoms with Crippen LogP contribution in [0.4, 0.5) is 5.69 Å². The summed E-state index contributed by atoms with van der Waals surface area (Å²) in [6, 6.07) is 6.91. The monoisotopic (exact) mass is 233 g/mol. The second-order valence-corrected chi connectivity index (χ2v) is 5.11. The van der Waals surface area contributed by atoms with Crippen LogP contribution in [0, 0.1) is 12.8 Å². The molecule has 0 aliphatic heterocycles. The first-order valence-electron chi connectivity index (χ1n) is 6.64. The highest BCUT2D eigenvalue weighted by Crippen LogP contribution is 2.31. The highest BCUT2D eigenvalue weighted by molar-refractivity contribution is 5.54. The van der Waals surface area contributed by atoms with Crippen molar-refractivity contribution in [2.75, 3.05) is 12.4 Å². The molecule has 17 heavy (non-hydrogen) atoms. The zero-order valence-electron chi connectivity index (χ0n) is 11.1. The molecule has 1 fully saturated rings. The fraction of sp³-hybridized carbons (Fsp3) is 0.600. The molecule has 1 saturated carbocycles. The van der Waals surface area contributed by atoms with E-state index < -0.39 is 0 Å². The van der Waals surface area contributed by atoms with E-state index in [4.69, 9.17) is 4.74 Å². The van der Waals surface area contributed by atoms with E-state index in [-0.39, 0.29) is 0 Å². The number of nitrogens with one attached hydrogen (secondary N) is 1. The maximum Gasteiger partial charge on any atom is 0.119 e. The van der Waals surface area contributed by atoms with Crippen LogP contribution in [0.1, 0.15) is 38.2 Å². The molecule has 94 valence electrons. The molecule has 1 N–H and O–H groups in total. The van der Waals surface area contributed by atoms with E-state index in [9.17, 15) is 0 Å². The van der Waals surface area contributed by atoms with E-state index in [0.29, 0.717) is 6.04 Å². The Balaban J connectivity index is 1.99. The largest absolute Gasteiger partial charge is 0.497 e. The molecule has 2 nitrogen and oxygen atoms in total. The summed E-state index contributed by atoms with van der Waals surface area (Å²) in [5.41, 5.74) is 2.52. The molecule has 0 saturated heterocycles. The van der Waals surface area contributed by atoms with E-state index >= 15 is 0 Å². The smallest absolute Gasteiger partial charge is 0.119 e. The molecule has 1 aliphatic carbocycles. The zero-order chi connectivity index (χ0) is 12.3. The lowest BCUT2D eigenvalue weighted by Crippen LogP contribution is -2.16. The predicted octanol–water partition coefficient (Wildman–Crippen LogP) is 3.99. The Morgan fingerprint density at radius 3 is 2.76 bits per heavy atom. The number of anilines is 1. The fourth-order valence-corrected chi connectivity index (χ4v) is 2.72. The minimum Gasteiger partial charge on any atom is -0.497 e. The fourth-order valence-electron chi connectivity index (χ4n) is 2.72. The van der Waals surface area contributed by atoms with Gasteiger partial charge in [-0.1, -0.05) is 13.3 Å². The summed E-state index contributed by atoms with van der Waals surface area (Å²) in [5.74, 6) is 1.86. The summed E-state index contributed by atoms with van der Waals surface area (Å²) in [6.45, 7) is 4.43. The van der Waals surface area contributed by atoms with Crippen molar-refractivity contribution < 1.29 is 4.74 Å². The van der Waals surface area contributed by atoms with Gasteiger partial charge in [-0.25, -0.2) is 0 Å². The third-order valence-corrected chi connectivity index (χ3v) is 3.91. The van der Waals surface area contributed by atoms with Crippen LogP contribution < -0.4 is 10.1 Å². The standard InChI is InChI=1S/C15H23NO/c1-4-12-5-6-13(10-12)16-15-8-7-14(17-3)9-11(15)2/h7-9,12-13,16H,4-6,10H2,1-3H3. The van der Waals surface area contributed by atoms with Crippen LogP contribution in [0.25, 0.3) is 0 Å². The maximum atomic E-state index is 5.23. The summed E-state index contributed by atoms with van der Waals surface area (Å²) in [5, 5.41) is 3.67. The van der Waals surface area contributed by atoms with E-state index in [1.54, 1.807) is 7.11 Å². The van der Waals surface area contributed by atoms with Crippen LogP contribution in [0.3, 0.4) is 0 Å². The maximum absolute atomic E-state index is 5.23. The first-order chi connectivity index (χ1) is 8.22. The third-order valence-electron chi connectivity index (χ3n) is 3.91. The molecule has 1 aromatic carbocycles. The average molecular weight is 233 g/mol. The van der Waals surface area contributed by atoms with Crippen molar-refractivity contribution in [3.05, 3.63) is 23.8 Å². The number of hydrogen-bond donors (Lipinski definition) is 1. The molecule has 0 amide bonds. The van der Waals surface area contributed by atoms with Crippen LogP contribution in [0.5, 0.6) is 5.75 Å².